The topological polar surface area (TPSA) is 68.5 Å². The van der Waals surface area contributed by atoms with Gasteiger partial charge in [-0.1, -0.05) is 6.08 Å². The van der Waals surface area contributed by atoms with Gasteiger partial charge in [0.1, 0.15) is 17.5 Å². The first kappa shape index (κ1) is 14.2. The highest BCUT2D eigenvalue weighted by Gasteiger charge is 2.30. The number of ether oxygens (including phenoxy) is 1. The van der Waals surface area contributed by atoms with E-state index in [2.05, 4.69) is 10.1 Å². The molecule has 5 heteroatoms. The Morgan fingerprint density at radius 3 is 2.67 bits per heavy atom. The van der Waals surface area contributed by atoms with E-state index in [4.69, 9.17) is 4.42 Å². The van der Waals surface area contributed by atoms with Crippen molar-refractivity contribution in [1.82, 2.24) is 5.32 Å². The van der Waals surface area contributed by atoms with Crippen LogP contribution < -0.4 is 5.32 Å². The zero-order valence-corrected chi connectivity index (χ0v) is 10.7. The van der Waals surface area contributed by atoms with Gasteiger partial charge in [0.15, 0.2) is 0 Å². The van der Waals surface area contributed by atoms with Crippen LogP contribution in [0.2, 0.25) is 0 Å². The summed E-state index contributed by atoms with van der Waals surface area (Å²) in [6.45, 7) is 1.37. The third kappa shape index (κ3) is 3.56. The molecule has 0 bridgehead atoms. The van der Waals surface area contributed by atoms with Crippen molar-refractivity contribution in [2.45, 2.75) is 13.0 Å². The van der Waals surface area contributed by atoms with Crippen LogP contribution in [0.3, 0.4) is 0 Å². The van der Waals surface area contributed by atoms with Crippen molar-refractivity contribution in [2.24, 2.45) is 5.92 Å². The van der Waals surface area contributed by atoms with Gasteiger partial charge in [-0.25, -0.2) is 0 Å². The van der Waals surface area contributed by atoms with Crippen LogP contribution >= 0.6 is 0 Å². The summed E-state index contributed by atoms with van der Waals surface area (Å²) in [4.78, 5) is 23.1. The lowest BCUT2D eigenvalue weighted by molar-refractivity contribution is -0.149. The van der Waals surface area contributed by atoms with Crippen molar-refractivity contribution in [2.75, 3.05) is 14.2 Å². The number of methoxy groups -OCH3 is 1. The maximum atomic E-state index is 11.6. The van der Waals surface area contributed by atoms with Crippen molar-refractivity contribution in [3.8, 4) is 0 Å². The van der Waals surface area contributed by atoms with E-state index in [0.29, 0.717) is 5.76 Å². The molecule has 0 radical (unpaired) electrons. The van der Waals surface area contributed by atoms with Crippen molar-refractivity contribution in [1.29, 1.82) is 0 Å². The molecule has 1 aromatic rings. The van der Waals surface area contributed by atoms with Crippen molar-refractivity contribution < 1.29 is 18.7 Å². The number of furan rings is 1. The normalized spacial score (nSPS) is 14.4. The average Bonchev–Trinajstić information content (AvgIpc) is 2.86. The van der Waals surface area contributed by atoms with Gasteiger partial charge in [-0.3, -0.25) is 9.59 Å². The molecular formula is C13H17NO4. The van der Waals surface area contributed by atoms with Gasteiger partial charge in [-0.2, -0.15) is 0 Å². The molecule has 1 heterocycles. The Morgan fingerprint density at radius 1 is 1.50 bits per heavy atom. The molecule has 0 aliphatic carbocycles. The third-order valence-corrected chi connectivity index (χ3v) is 2.60. The number of hydrogen-bond donors (Lipinski definition) is 1. The number of esters is 1. The quantitative estimate of drug-likeness (QED) is 0.609. The van der Waals surface area contributed by atoms with Crippen LogP contribution in [0.25, 0.3) is 6.08 Å². The second kappa shape index (κ2) is 6.76. The number of nitrogens with one attached hydrogen (secondary N) is 1. The van der Waals surface area contributed by atoms with E-state index in [1.165, 1.54) is 14.0 Å². The molecule has 1 rings (SSSR count). The lowest BCUT2D eigenvalue weighted by atomic mass is 9.95. The molecule has 0 amide bonds. The first-order valence-electron chi connectivity index (χ1n) is 5.57. The minimum absolute atomic E-state index is 0.245. The van der Waals surface area contributed by atoms with E-state index >= 15 is 0 Å². The fraction of sp³-hybridized carbons (Fsp3) is 0.385. The molecule has 0 saturated carbocycles. The second-order valence-electron chi connectivity index (χ2n) is 3.80. The molecule has 98 valence electrons. The van der Waals surface area contributed by atoms with Crippen LogP contribution in [-0.2, 0) is 14.3 Å². The number of rotatable bonds is 6. The molecule has 1 N–H and O–H groups in total. The predicted octanol–water partition coefficient (Wildman–Crippen LogP) is 1.26. The van der Waals surface area contributed by atoms with Gasteiger partial charge < -0.3 is 14.5 Å². The highest BCUT2D eigenvalue weighted by atomic mass is 16.5. The summed E-state index contributed by atoms with van der Waals surface area (Å²) in [7, 11) is 2.94. The summed E-state index contributed by atoms with van der Waals surface area (Å²) in [6, 6.07) is 3.11. The maximum absolute atomic E-state index is 11.6. The number of Topliss-reactive ketones (excluding diaryl/α,β-unsaturated/α-hetero) is 1. The van der Waals surface area contributed by atoms with E-state index in [-0.39, 0.29) is 5.78 Å². The van der Waals surface area contributed by atoms with Crippen molar-refractivity contribution in [3.63, 3.8) is 0 Å². The maximum Gasteiger partial charge on any atom is 0.318 e. The van der Waals surface area contributed by atoms with Crippen LogP contribution in [0.1, 0.15) is 12.7 Å². The molecule has 0 aromatic carbocycles. The first-order valence-corrected chi connectivity index (χ1v) is 5.57. The summed E-state index contributed by atoms with van der Waals surface area (Å²) in [5, 5.41) is 2.91. The smallest absolute Gasteiger partial charge is 0.318 e. The molecular weight excluding hydrogens is 234 g/mol. The van der Waals surface area contributed by atoms with Gasteiger partial charge in [0.2, 0.25) is 0 Å². The fourth-order valence-corrected chi connectivity index (χ4v) is 1.65. The van der Waals surface area contributed by atoms with Crippen LogP contribution in [0.15, 0.2) is 28.9 Å². The summed E-state index contributed by atoms with van der Waals surface area (Å²) >= 11 is 0. The summed E-state index contributed by atoms with van der Waals surface area (Å²) in [5.41, 5.74) is 0. The van der Waals surface area contributed by atoms with E-state index in [9.17, 15) is 9.59 Å². The van der Waals surface area contributed by atoms with E-state index in [1.54, 1.807) is 37.6 Å². The van der Waals surface area contributed by atoms with Gasteiger partial charge in [0.05, 0.1) is 13.4 Å². The summed E-state index contributed by atoms with van der Waals surface area (Å²) in [6.07, 6.45) is 4.97. The zero-order valence-electron chi connectivity index (χ0n) is 10.7. The molecule has 0 fully saturated rings. The van der Waals surface area contributed by atoms with Gasteiger partial charge in [0.25, 0.3) is 0 Å². The minimum atomic E-state index is -0.855. The monoisotopic (exact) mass is 251 g/mol. The Bertz CT molecular complexity index is 422. The Morgan fingerprint density at radius 2 is 2.22 bits per heavy atom. The zero-order chi connectivity index (χ0) is 13.5. The number of likely N-dealkylation sites (N-methyl/N-ethyl adjacent to an activating group) is 1. The lowest BCUT2D eigenvalue weighted by Gasteiger charge is -2.19. The van der Waals surface area contributed by atoms with Crippen LogP contribution in [-0.4, -0.2) is 32.0 Å². The van der Waals surface area contributed by atoms with E-state index in [1.807, 2.05) is 0 Å². The van der Waals surface area contributed by atoms with Gasteiger partial charge in [0, 0.05) is 6.04 Å². The Hall–Kier alpha value is -1.88. The van der Waals surface area contributed by atoms with Crippen LogP contribution in [0, 0.1) is 5.92 Å². The Labute approximate surface area is 106 Å². The highest BCUT2D eigenvalue weighted by Crippen LogP contribution is 2.12. The van der Waals surface area contributed by atoms with E-state index in [0.717, 1.165) is 0 Å². The van der Waals surface area contributed by atoms with Gasteiger partial charge >= 0.3 is 5.97 Å². The van der Waals surface area contributed by atoms with Gasteiger partial charge in [-0.05, 0) is 32.2 Å². The highest BCUT2D eigenvalue weighted by molar-refractivity contribution is 5.98. The van der Waals surface area contributed by atoms with Gasteiger partial charge in [-0.15, -0.1) is 0 Å². The average molecular weight is 251 g/mol. The third-order valence-electron chi connectivity index (χ3n) is 2.60. The number of carbonyl (C=O) groups is 2. The molecule has 0 spiro atoms. The molecule has 2 atom stereocenters. The number of carbonyl (C=O) groups excluding carboxylic acids is 2. The number of ketones is 1. The fourth-order valence-electron chi connectivity index (χ4n) is 1.65. The largest absolute Gasteiger partial charge is 0.468 e. The Kier molecular flexibility index (Phi) is 5.32. The van der Waals surface area contributed by atoms with Crippen molar-refractivity contribution in [3.05, 3.63) is 30.2 Å². The predicted molar refractivity (Wildman–Crippen MR) is 66.8 cm³/mol. The number of hydrogen-bond acceptors (Lipinski definition) is 5. The molecule has 5 nitrogen and oxygen atoms in total. The molecule has 0 saturated heterocycles. The van der Waals surface area contributed by atoms with Crippen LogP contribution in [0.5, 0.6) is 0 Å². The summed E-state index contributed by atoms with van der Waals surface area (Å²) < 4.78 is 9.78. The standard InChI is InChI=1S/C13H17NO4/c1-9(15)12(13(16)17-3)11(14-2)7-6-10-5-4-8-18-10/h4-8,11-12,14H,1-3H3/b7-6+. The van der Waals surface area contributed by atoms with E-state index < -0.39 is 17.9 Å². The molecule has 2 unspecified atom stereocenters. The minimum Gasteiger partial charge on any atom is -0.468 e. The second-order valence-corrected chi connectivity index (χ2v) is 3.80. The Balaban J connectivity index is 2.86. The lowest BCUT2D eigenvalue weighted by Crippen LogP contribution is -2.41. The van der Waals surface area contributed by atoms with Crippen LogP contribution in [0.4, 0.5) is 0 Å². The SMILES string of the molecule is CNC(/C=C/c1ccco1)C(C(C)=O)C(=O)OC. The molecule has 1 aromatic heterocycles. The molecule has 18 heavy (non-hydrogen) atoms. The molecule has 0 aliphatic heterocycles. The van der Waals surface area contributed by atoms with Crippen molar-refractivity contribution >= 4 is 17.8 Å². The molecule has 0 aliphatic rings. The first-order chi connectivity index (χ1) is 8.60. The summed E-state index contributed by atoms with van der Waals surface area (Å²) in [5.74, 6) is -0.995.